The lowest BCUT2D eigenvalue weighted by atomic mass is 10.0. The molecule has 21 heavy (non-hydrogen) atoms. The molecule has 2 rings (SSSR count). The van der Waals surface area contributed by atoms with Gasteiger partial charge in [0.25, 0.3) is 0 Å². The maximum Gasteiger partial charge on any atom is 0.000992 e. The molecule has 0 spiro atoms. The molecule has 108 valence electrons. The highest BCUT2D eigenvalue weighted by Crippen LogP contribution is 2.15. The van der Waals surface area contributed by atoms with Crippen LogP contribution in [0.25, 0.3) is 18.2 Å². The van der Waals surface area contributed by atoms with Gasteiger partial charge in [-0.2, -0.15) is 0 Å². The second-order valence-electron chi connectivity index (χ2n) is 5.37. The molecule has 0 fully saturated rings. The molecule has 0 N–H and O–H groups in total. The summed E-state index contributed by atoms with van der Waals surface area (Å²) in [5, 5.41) is 0. The van der Waals surface area contributed by atoms with E-state index in [9.17, 15) is 0 Å². The Bertz CT molecular complexity index is 594. The number of hydrogen-bond donors (Lipinski definition) is 0. The Kier molecular flexibility index (Phi) is 5.99. The molecule has 0 unspecified atom stereocenters. The molecule has 2 aromatic rings. The minimum Gasteiger partial charge on any atom is -0.309 e. The van der Waals surface area contributed by atoms with Gasteiger partial charge in [0, 0.05) is 6.54 Å². The Hall–Kier alpha value is -2.12. The smallest absolute Gasteiger partial charge is 0.000992 e. The summed E-state index contributed by atoms with van der Waals surface area (Å²) in [4.78, 5) is 2.20. The van der Waals surface area contributed by atoms with Crippen LogP contribution in [0.3, 0.4) is 0 Å². The van der Waals surface area contributed by atoms with Crippen molar-refractivity contribution < 1.29 is 0 Å². The molecule has 2 aromatic carbocycles. The Morgan fingerprint density at radius 1 is 0.762 bits per heavy atom. The zero-order valence-electron chi connectivity index (χ0n) is 12.9. The monoisotopic (exact) mass is 277 g/mol. The van der Waals surface area contributed by atoms with Crippen molar-refractivity contribution in [2.24, 2.45) is 0 Å². The van der Waals surface area contributed by atoms with Crippen LogP contribution in [0.5, 0.6) is 0 Å². The van der Waals surface area contributed by atoms with Gasteiger partial charge in [0.15, 0.2) is 0 Å². The van der Waals surface area contributed by atoms with E-state index in [1.165, 1.54) is 16.7 Å². The first-order valence-corrected chi connectivity index (χ1v) is 7.39. The Morgan fingerprint density at radius 2 is 1.38 bits per heavy atom. The highest BCUT2D eigenvalue weighted by molar-refractivity contribution is 5.75. The molecule has 0 bridgehead atoms. The predicted molar refractivity (Wildman–Crippen MR) is 94.0 cm³/mol. The van der Waals surface area contributed by atoms with Crippen molar-refractivity contribution in [1.82, 2.24) is 4.90 Å². The van der Waals surface area contributed by atoms with E-state index < -0.39 is 0 Å². The summed E-state index contributed by atoms with van der Waals surface area (Å²) < 4.78 is 0. The number of nitrogens with zero attached hydrogens (tertiary/aromatic N) is 1. The summed E-state index contributed by atoms with van der Waals surface area (Å²) >= 11 is 0. The van der Waals surface area contributed by atoms with Gasteiger partial charge >= 0.3 is 0 Å². The molecule has 0 aromatic heterocycles. The largest absolute Gasteiger partial charge is 0.309 e. The first-order chi connectivity index (χ1) is 10.3. The molecule has 0 saturated carbocycles. The summed E-state index contributed by atoms with van der Waals surface area (Å²) in [7, 11) is 4.20. The van der Waals surface area contributed by atoms with Gasteiger partial charge < -0.3 is 4.90 Å². The van der Waals surface area contributed by atoms with E-state index in [1.807, 2.05) is 6.07 Å². The summed E-state index contributed by atoms with van der Waals surface area (Å²) in [5.41, 5.74) is 3.75. The van der Waals surface area contributed by atoms with Crippen LogP contribution in [0.2, 0.25) is 0 Å². The molecule has 0 aliphatic heterocycles. The average Bonchev–Trinajstić information content (AvgIpc) is 2.51. The molecule has 0 aliphatic rings. The molecular weight excluding hydrogens is 254 g/mol. The molecule has 0 saturated heterocycles. The Balaban J connectivity index is 2.08. The lowest BCUT2D eigenvalue weighted by molar-refractivity contribution is 0.417. The van der Waals surface area contributed by atoms with Crippen LogP contribution < -0.4 is 0 Å². The third kappa shape index (κ3) is 5.41. The minimum absolute atomic E-state index is 1.07. The van der Waals surface area contributed by atoms with Crippen molar-refractivity contribution >= 4 is 18.2 Å². The van der Waals surface area contributed by atoms with Crippen LogP contribution in [-0.4, -0.2) is 25.5 Å². The van der Waals surface area contributed by atoms with Gasteiger partial charge in [0.05, 0.1) is 0 Å². The lowest BCUT2D eigenvalue weighted by Crippen LogP contribution is -2.11. The summed E-state index contributed by atoms with van der Waals surface area (Å²) in [6, 6.07) is 18.9. The third-order valence-corrected chi connectivity index (χ3v) is 3.29. The molecule has 0 radical (unpaired) electrons. The maximum absolute atomic E-state index is 2.25. The van der Waals surface area contributed by atoms with Crippen LogP contribution in [0.15, 0.2) is 60.7 Å². The molecule has 1 nitrogen and oxygen atoms in total. The van der Waals surface area contributed by atoms with Gasteiger partial charge in [-0.1, -0.05) is 78.9 Å². The van der Waals surface area contributed by atoms with E-state index >= 15 is 0 Å². The van der Waals surface area contributed by atoms with E-state index in [0.717, 1.165) is 13.0 Å². The van der Waals surface area contributed by atoms with Gasteiger partial charge in [0.2, 0.25) is 0 Å². The first kappa shape index (κ1) is 15.3. The fraction of sp³-hybridized carbons (Fsp3) is 0.200. The van der Waals surface area contributed by atoms with Crippen molar-refractivity contribution in [3.63, 3.8) is 0 Å². The second kappa shape index (κ2) is 8.23. The molecule has 0 aliphatic carbocycles. The van der Waals surface area contributed by atoms with Gasteiger partial charge in [-0.05, 0) is 37.2 Å². The molecule has 0 heterocycles. The third-order valence-electron chi connectivity index (χ3n) is 3.29. The molecule has 0 atom stereocenters. The van der Waals surface area contributed by atoms with Crippen molar-refractivity contribution in [2.45, 2.75) is 6.42 Å². The normalized spacial score (nSPS) is 11.8. The second-order valence-corrected chi connectivity index (χ2v) is 5.37. The fourth-order valence-electron chi connectivity index (χ4n) is 2.11. The van der Waals surface area contributed by atoms with Crippen molar-refractivity contribution in [3.05, 3.63) is 77.4 Å². The maximum atomic E-state index is 2.25. The Labute approximate surface area is 128 Å². The van der Waals surface area contributed by atoms with E-state index in [1.54, 1.807) is 0 Å². The quantitative estimate of drug-likeness (QED) is 0.684. The Morgan fingerprint density at radius 3 is 2.05 bits per heavy atom. The number of rotatable bonds is 6. The molecule has 1 heteroatoms. The van der Waals surface area contributed by atoms with Crippen molar-refractivity contribution in [3.8, 4) is 0 Å². The van der Waals surface area contributed by atoms with Gasteiger partial charge in [-0.25, -0.2) is 0 Å². The molecule has 0 amide bonds. The summed E-state index contributed by atoms with van der Waals surface area (Å²) in [6.45, 7) is 1.08. The first-order valence-electron chi connectivity index (χ1n) is 7.39. The number of hydrogen-bond acceptors (Lipinski definition) is 1. The standard InChI is InChI=1S/C20H23N/c1-21(2)17-9-8-14-19-12-6-7-13-20(19)16-15-18-10-4-3-5-11-18/h3-8,10-16H,9,17H2,1-2H3/b14-8+,16-15+. The van der Waals surface area contributed by atoms with Crippen LogP contribution >= 0.6 is 0 Å². The highest BCUT2D eigenvalue weighted by atomic mass is 15.0. The summed E-state index contributed by atoms with van der Waals surface area (Å²) in [5.74, 6) is 0. The molecular formula is C20H23N. The number of benzene rings is 2. The van der Waals surface area contributed by atoms with Gasteiger partial charge in [-0.3, -0.25) is 0 Å². The average molecular weight is 277 g/mol. The van der Waals surface area contributed by atoms with E-state index in [0.29, 0.717) is 0 Å². The predicted octanol–water partition coefficient (Wildman–Crippen LogP) is 4.82. The van der Waals surface area contributed by atoms with Crippen LogP contribution in [-0.2, 0) is 0 Å². The fourth-order valence-corrected chi connectivity index (χ4v) is 2.11. The van der Waals surface area contributed by atoms with E-state index in [2.05, 4.69) is 91.8 Å². The van der Waals surface area contributed by atoms with Crippen LogP contribution in [0, 0.1) is 0 Å². The highest BCUT2D eigenvalue weighted by Gasteiger charge is 1.94. The zero-order valence-corrected chi connectivity index (χ0v) is 12.9. The minimum atomic E-state index is 1.07. The SMILES string of the molecule is CN(C)CC/C=C/c1ccccc1/C=C/c1ccccc1. The van der Waals surface area contributed by atoms with E-state index in [4.69, 9.17) is 0 Å². The van der Waals surface area contributed by atoms with Gasteiger partial charge in [-0.15, -0.1) is 0 Å². The zero-order chi connectivity index (χ0) is 14.9. The van der Waals surface area contributed by atoms with Crippen LogP contribution in [0.4, 0.5) is 0 Å². The lowest BCUT2D eigenvalue weighted by Gasteiger charge is -2.06. The summed E-state index contributed by atoms with van der Waals surface area (Å²) in [6.07, 6.45) is 9.88. The van der Waals surface area contributed by atoms with Crippen LogP contribution in [0.1, 0.15) is 23.1 Å². The van der Waals surface area contributed by atoms with E-state index in [-0.39, 0.29) is 0 Å². The van der Waals surface area contributed by atoms with Gasteiger partial charge in [0.1, 0.15) is 0 Å². The van der Waals surface area contributed by atoms with Crippen molar-refractivity contribution in [1.29, 1.82) is 0 Å². The topological polar surface area (TPSA) is 3.24 Å². The van der Waals surface area contributed by atoms with Crippen molar-refractivity contribution in [2.75, 3.05) is 20.6 Å².